The van der Waals surface area contributed by atoms with Crippen LogP contribution < -0.4 is 10.6 Å². The number of carbonyl (C=O) groups excluding carboxylic acids is 1. The molecule has 0 radical (unpaired) electrons. The zero-order valence-electron chi connectivity index (χ0n) is 14.8. The van der Waals surface area contributed by atoms with E-state index in [0.29, 0.717) is 6.54 Å². The van der Waals surface area contributed by atoms with Gasteiger partial charge >= 0.3 is 6.03 Å². The van der Waals surface area contributed by atoms with Crippen LogP contribution in [-0.4, -0.2) is 39.2 Å². The maximum absolute atomic E-state index is 12.4. The Bertz CT molecular complexity index is 836. The Hall–Kier alpha value is -2.54. The summed E-state index contributed by atoms with van der Waals surface area (Å²) >= 11 is 1.75. The third-order valence-electron chi connectivity index (χ3n) is 4.11. The summed E-state index contributed by atoms with van der Waals surface area (Å²) in [5.41, 5.74) is 1.98. The Morgan fingerprint density at radius 3 is 2.77 bits per heavy atom. The van der Waals surface area contributed by atoms with Crippen molar-refractivity contribution >= 4 is 23.4 Å². The van der Waals surface area contributed by atoms with E-state index in [4.69, 9.17) is 0 Å². The van der Waals surface area contributed by atoms with Gasteiger partial charge in [0.2, 0.25) is 0 Å². The fraction of sp³-hybridized carbons (Fsp3) is 0.316. The molecule has 2 aromatic heterocycles. The number of nitrogens with zero attached hydrogens (tertiary/aromatic N) is 3. The molecular formula is C19H23N5OS. The van der Waals surface area contributed by atoms with Crippen LogP contribution in [-0.2, 0) is 6.42 Å². The highest BCUT2D eigenvalue weighted by Gasteiger charge is 2.19. The predicted octanol–water partition coefficient (Wildman–Crippen LogP) is 3.07. The van der Waals surface area contributed by atoms with Gasteiger partial charge in [0, 0.05) is 12.7 Å². The number of amides is 2. The van der Waals surface area contributed by atoms with Gasteiger partial charge in [-0.15, -0.1) is 10.2 Å². The molecule has 3 rings (SSSR count). The second-order valence-electron chi connectivity index (χ2n) is 5.96. The molecule has 2 N–H and O–H groups in total. The van der Waals surface area contributed by atoms with Crippen LogP contribution in [0.2, 0.25) is 0 Å². The normalized spacial score (nSPS) is 12.0. The molecule has 0 saturated heterocycles. The van der Waals surface area contributed by atoms with Gasteiger partial charge in [0.25, 0.3) is 0 Å². The third-order valence-corrected chi connectivity index (χ3v) is 4.75. The first kappa shape index (κ1) is 18.3. The van der Waals surface area contributed by atoms with Gasteiger partial charge in [-0.05, 0) is 42.5 Å². The van der Waals surface area contributed by atoms with Crippen LogP contribution in [0.1, 0.15) is 23.9 Å². The van der Waals surface area contributed by atoms with Crippen molar-refractivity contribution in [2.75, 3.05) is 18.6 Å². The zero-order chi connectivity index (χ0) is 18.2. The van der Waals surface area contributed by atoms with E-state index in [0.717, 1.165) is 30.1 Å². The molecule has 0 aliphatic heterocycles. The Morgan fingerprint density at radius 2 is 1.96 bits per heavy atom. The number of carbonyl (C=O) groups is 1. The van der Waals surface area contributed by atoms with Crippen molar-refractivity contribution in [2.24, 2.45) is 0 Å². The van der Waals surface area contributed by atoms with E-state index in [2.05, 4.69) is 39.2 Å². The quantitative estimate of drug-likeness (QED) is 0.640. The van der Waals surface area contributed by atoms with Crippen molar-refractivity contribution in [2.45, 2.75) is 18.9 Å². The van der Waals surface area contributed by atoms with Gasteiger partial charge in [0.1, 0.15) is 0 Å². The molecule has 0 aliphatic carbocycles. The SMILES string of the molecule is CSCCC(NC(=O)NCCc1ccccc1)c1nnc2ccccn12. The molecule has 1 unspecified atom stereocenters. The van der Waals surface area contributed by atoms with E-state index >= 15 is 0 Å². The number of aromatic nitrogens is 3. The molecule has 0 spiro atoms. The van der Waals surface area contributed by atoms with Gasteiger partial charge in [0.05, 0.1) is 6.04 Å². The molecule has 136 valence electrons. The van der Waals surface area contributed by atoms with Crippen molar-refractivity contribution in [3.8, 4) is 0 Å². The van der Waals surface area contributed by atoms with Crippen LogP contribution in [0.15, 0.2) is 54.7 Å². The number of hydrogen-bond acceptors (Lipinski definition) is 4. The van der Waals surface area contributed by atoms with Crippen LogP contribution in [0.5, 0.6) is 0 Å². The summed E-state index contributed by atoms with van der Waals surface area (Å²) in [6.45, 7) is 0.589. The van der Waals surface area contributed by atoms with Gasteiger partial charge in [-0.1, -0.05) is 36.4 Å². The maximum atomic E-state index is 12.4. The second-order valence-corrected chi connectivity index (χ2v) is 6.94. The summed E-state index contributed by atoms with van der Waals surface area (Å²) in [5, 5.41) is 14.5. The minimum absolute atomic E-state index is 0.181. The average Bonchev–Trinajstić information content (AvgIpc) is 3.10. The lowest BCUT2D eigenvalue weighted by molar-refractivity contribution is 0.236. The van der Waals surface area contributed by atoms with Crippen LogP contribution >= 0.6 is 11.8 Å². The largest absolute Gasteiger partial charge is 0.338 e. The van der Waals surface area contributed by atoms with Crippen molar-refractivity contribution in [1.82, 2.24) is 25.2 Å². The number of hydrogen-bond donors (Lipinski definition) is 2. The summed E-state index contributed by atoms with van der Waals surface area (Å²) in [6.07, 6.45) is 5.57. The minimum atomic E-state index is -0.184. The lowest BCUT2D eigenvalue weighted by atomic mass is 10.1. The first-order valence-corrected chi connectivity index (χ1v) is 10.0. The van der Waals surface area contributed by atoms with E-state index < -0.39 is 0 Å². The highest BCUT2D eigenvalue weighted by Crippen LogP contribution is 2.18. The molecule has 26 heavy (non-hydrogen) atoms. The Balaban J connectivity index is 1.61. The Morgan fingerprint density at radius 1 is 1.15 bits per heavy atom. The molecule has 3 aromatic rings. The molecule has 0 fully saturated rings. The fourth-order valence-corrected chi connectivity index (χ4v) is 3.24. The lowest BCUT2D eigenvalue weighted by Crippen LogP contribution is -2.39. The molecule has 1 atom stereocenters. The third kappa shape index (κ3) is 4.76. The van der Waals surface area contributed by atoms with Crippen molar-refractivity contribution in [3.63, 3.8) is 0 Å². The van der Waals surface area contributed by atoms with Crippen LogP contribution in [0.4, 0.5) is 4.79 Å². The second kappa shape index (κ2) is 9.24. The molecule has 1 aromatic carbocycles. The minimum Gasteiger partial charge on any atom is -0.338 e. The molecule has 0 bridgehead atoms. The average molecular weight is 369 g/mol. The molecule has 0 aliphatic rings. The van der Waals surface area contributed by atoms with Gasteiger partial charge in [-0.25, -0.2) is 4.79 Å². The number of nitrogens with one attached hydrogen (secondary N) is 2. The van der Waals surface area contributed by atoms with E-state index in [-0.39, 0.29) is 12.1 Å². The van der Waals surface area contributed by atoms with Gasteiger partial charge < -0.3 is 10.6 Å². The van der Waals surface area contributed by atoms with E-state index in [1.165, 1.54) is 5.56 Å². The summed E-state index contributed by atoms with van der Waals surface area (Å²) in [6, 6.07) is 15.5. The molecule has 2 heterocycles. The van der Waals surface area contributed by atoms with Crippen LogP contribution in [0.3, 0.4) is 0 Å². The number of benzene rings is 1. The highest BCUT2D eigenvalue weighted by atomic mass is 32.2. The zero-order valence-corrected chi connectivity index (χ0v) is 15.6. The highest BCUT2D eigenvalue weighted by molar-refractivity contribution is 7.98. The summed E-state index contributed by atoms with van der Waals surface area (Å²) in [4.78, 5) is 12.4. The smallest absolute Gasteiger partial charge is 0.315 e. The van der Waals surface area contributed by atoms with Gasteiger partial charge in [-0.2, -0.15) is 11.8 Å². The maximum Gasteiger partial charge on any atom is 0.315 e. The summed E-state index contributed by atoms with van der Waals surface area (Å²) in [5.74, 6) is 1.68. The lowest BCUT2D eigenvalue weighted by Gasteiger charge is -2.17. The van der Waals surface area contributed by atoms with E-state index in [1.54, 1.807) is 11.8 Å². The fourth-order valence-electron chi connectivity index (χ4n) is 2.77. The van der Waals surface area contributed by atoms with Gasteiger partial charge in [-0.3, -0.25) is 4.40 Å². The topological polar surface area (TPSA) is 71.3 Å². The van der Waals surface area contributed by atoms with E-state index in [9.17, 15) is 4.79 Å². The molecule has 0 saturated carbocycles. The number of pyridine rings is 1. The van der Waals surface area contributed by atoms with E-state index in [1.807, 2.05) is 47.0 Å². The van der Waals surface area contributed by atoms with Gasteiger partial charge in [0.15, 0.2) is 11.5 Å². The van der Waals surface area contributed by atoms with Crippen molar-refractivity contribution in [1.29, 1.82) is 0 Å². The molecule has 7 heteroatoms. The van der Waals surface area contributed by atoms with Crippen molar-refractivity contribution < 1.29 is 4.79 Å². The summed E-state index contributed by atoms with van der Waals surface area (Å²) < 4.78 is 1.93. The Labute approximate surface area is 157 Å². The number of rotatable bonds is 8. The van der Waals surface area contributed by atoms with Crippen molar-refractivity contribution in [3.05, 3.63) is 66.1 Å². The summed E-state index contributed by atoms with van der Waals surface area (Å²) in [7, 11) is 0. The number of urea groups is 1. The van der Waals surface area contributed by atoms with Crippen LogP contribution in [0, 0.1) is 0 Å². The first-order valence-electron chi connectivity index (χ1n) is 8.65. The standard InChI is InChI=1S/C19H23N5OS/c1-26-14-11-16(18-23-22-17-9-5-6-13-24(17)18)21-19(25)20-12-10-15-7-3-2-4-8-15/h2-9,13,16H,10-12,14H2,1H3,(H2,20,21,25). The Kier molecular flexibility index (Phi) is 6.49. The van der Waals surface area contributed by atoms with Crippen LogP contribution in [0.25, 0.3) is 5.65 Å². The molecule has 6 nitrogen and oxygen atoms in total. The predicted molar refractivity (Wildman–Crippen MR) is 105 cm³/mol. The number of fused-ring (bicyclic) bond motifs is 1. The number of thioether (sulfide) groups is 1. The first-order chi connectivity index (χ1) is 12.8. The molecular weight excluding hydrogens is 346 g/mol. The monoisotopic (exact) mass is 369 g/mol. The molecule has 2 amide bonds.